The number of benzene rings is 3. The number of ether oxygens (including phenoxy) is 2. The van der Waals surface area contributed by atoms with Crippen molar-refractivity contribution in [3.63, 3.8) is 0 Å². The number of anilines is 2. The van der Waals surface area contributed by atoms with Crippen LogP contribution in [0.25, 0.3) is 10.2 Å². The first-order chi connectivity index (χ1) is 16.1. The zero-order valence-corrected chi connectivity index (χ0v) is 19.4. The van der Waals surface area contributed by atoms with Crippen molar-refractivity contribution in [2.45, 2.75) is 0 Å². The molecule has 0 aliphatic carbocycles. The highest BCUT2D eigenvalue weighted by atomic mass is 32.2. The summed E-state index contributed by atoms with van der Waals surface area (Å²) in [5.74, 6) is 2.10. The Balaban J connectivity index is 1.25. The molecule has 0 radical (unpaired) electrons. The number of rotatable bonds is 9. The van der Waals surface area contributed by atoms with Gasteiger partial charge in [-0.25, -0.2) is 4.98 Å². The average molecular weight is 480 g/mol. The number of fused-ring (bicyclic) bond motifs is 1. The Morgan fingerprint density at radius 3 is 2.30 bits per heavy atom. The van der Waals surface area contributed by atoms with Crippen LogP contribution >= 0.6 is 23.1 Å². The second-order valence-corrected chi connectivity index (χ2v) is 8.90. The summed E-state index contributed by atoms with van der Waals surface area (Å²) in [6, 6.07) is 22.2. The molecule has 0 spiro atoms. The molecule has 3 aromatic carbocycles. The van der Waals surface area contributed by atoms with Crippen LogP contribution in [-0.2, 0) is 9.59 Å². The van der Waals surface area contributed by atoms with Crippen molar-refractivity contribution in [3.8, 4) is 17.2 Å². The van der Waals surface area contributed by atoms with Crippen LogP contribution in [0.4, 0.5) is 10.8 Å². The van der Waals surface area contributed by atoms with E-state index in [2.05, 4.69) is 15.6 Å². The second-order valence-electron chi connectivity index (χ2n) is 6.88. The number of hydrogen-bond acceptors (Lipinski definition) is 7. The molecule has 0 aliphatic heterocycles. The van der Waals surface area contributed by atoms with E-state index in [0.717, 1.165) is 16.0 Å². The summed E-state index contributed by atoms with van der Waals surface area (Å²) in [4.78, 5) is 28.8. The largest absolute Gasteiger partial charge is 0.497 e. The van der Waals surface area contributed by atoms with Gasteiger partial charge >= 0.3 is 0 Å². The van der Waals surface area contributed by atoms with E-state index >= 15 is 0 Å². The van der Waals surface area contributed by atoms with Gasteiger partial charge in [-0.3, -0.25) is 9.59 Å². The molecule has 1 heterocycles. The van der Waals surface area contributed by atoms with Crippen LogP contribution in [0.1, 0.15) is 0 Å². The lowest BCUT2D eigenvalue weighted by Gasteiger charge is -2.06. The summed E-state index contributed by atoms with van der Waals surface area (Å²) < 4.78 is 11.8. The maximum atomic E-state index is 12.3. The molecule has 2 amide bonds. The van der Waals surface area contributed by atoms with Crippen LogP contribution in [0.5, 0.6) is 17.2 Å². The van der Waals surface area contributed by atoms with Crippen LogP contribution in [0.3, 0.4) is 0 Å². The Labute approximate surface area is 199 Å². The Hall–Kier alpha value is -3.56. The summed E-state index contributed by atoms with van der Waals surface area (Å²) in [7, 11) is 1.58. The van der Waals surface area contributed by atoms with Crippen molar-refractivity contribution < 1.29 is 19.1 Å². The topological polar surface area (TPSA) is 89.5 Å². The van der Waals surface area contributed by atoms with E-state index in [-0.39, 0.29) is 23.3 Å². The quantitative estimate of drug-likeness (QED) is 0.334. The second kappa shape index (κ2) is 10.8. The third-order valence-corrected chi connectivity index (χ3v) is 6.29. The number of methoxy groups -OCH3 is 1. The van der Waals surface area contributed by atoms with Gasteiger partial charge in [-0.1, -0.05) is 29.5 Å². The van der Waals surface area contributed by atoms with E-state index in [1.54, 1.807) is 31.4 Å². The van der Waals surface area contributed by atoms with E-state index in [9.17, 15) is 9.59 Å². The molecule has 168 valence electrons. The van der Waals surface area contributed by atoms with Gasteiger partial charge in [-0.15, -0.1) is 11.8 Å². The molecule has 0 aliphatic rings. The fourth-order valence-corrected chi connectivity index (χ4v) is 4.44. The molecule has 4 rings (SSSR count). The fraction of sp³-hybridized carbons (Fsp3) is 0.125. The first-order valence-corrected chi connectivity index (χ1v) is 12.0. The van der Waals surface area contributed by atoms with Gasteiger partial charge in [0.05, 0.1) is 28.8 Å². The highest BCUT2D eigenvalue weighted by molar-refractivity contribution is 8.00. The lowest BCUT2D eigenvalue weighted by atomic mass is 10.3. The van der Waals surface area contributed by atoms with E-state index in [4.69, 9.17) is 9.47 Å². The number of aromatic nitrogens is 1. The van der Waals surface area contributed by atoms with Gasteiger partial charge in [0.25, 0.3) is 0 Å². The first kappa shape index (κ1) is 22.6. The van der Waals surface area contributed by atoms with Crippen LogP contribution in [0.2, 0.25) is 0 Å². The van der Waals surface area contributed by atoms with Gasteiger partial charge < -0.3 is 20.1 Å². The smallest absolute Gasteiger partial charge is 0.236 e. The van der Waals surface area contributed by atoms with E-state index in [1.165, 1.54) is 23.1 Å². The number of carbonyl (C=O) groups is 2. The molecule has 33 heavy (non-hydrogen) atoms. The Kier molecular flexibility index (Phi) is 7.43. The van der Waals surface area contributed by atoms with E-state index < -0.39 is 0 Å². The highest BCUT2D eigenvalue weighted by Gasteiger charge is 2.11. The number of carbonyl (C=O) groups excluding carboxylic acids is 2. The van der Waals surface area contributed by atoms with Crippen molar-refractivity contribution in [2.75, 3.05) is 29.2 Å². The zero-order chi connectivity index (χ0) is 23.0. The number of para-hydroxylation sites is 1. The third-order valence-electron chi connectivity index (χ3n) is 4.43. The molecular weight excluding hydrogens is 458 g/mol. The summed E-state index contributed by atoms with van der Waals surface area (Å²) >= 11 is 2.61. The minimum Gasteiger partial charge on any atom is -0.497 e. The lowest BCUT2D eigenvalue weighted by Crippen LogP contribution is -2.18. The number of amides is 2. The van der Waals surface area contributed by atoms with Crippen LogP contribution in [-0.4, -0.2) is 35.4 Å². The molecule has 0 atom stereocenters. The highest BCUT2D eigenvalue weighted by Crippen LogP contribution is 2.31. The van der Waals surface area contributed by atoms with Crippen LogP contribution in [0.15, 0.2) is 72.8 Å². The molecule has 0 saturated heterocycles. The van der Waals surface area contributed by atoms with Crippen LogP contribution < -0.4 is 20.1 Å². The monoisotopic (exact) mass is 479 g/mol. The number of thiazole rings is 1. The average Bonchev–Trinajstić information content (AvgIpc) is 3.21. The fourth-order valence-electron chi connectivity index (χ4n) is 2.91. The van der Waals surface area contributed by atoms with Gasteiger partial charge in [0, 0.05) is 11.8 Å². The van der Waals surface area contributed by atoms with Crippen molar-refractivity contribution in [3.05, 3.63) is 72.8 Å². The van der Waals surface area contributed by atoms with Gasteiger partial charge in [-0.05, 0) is 48.5 Å². The molecule has 0 bridgehead atoms. The number of thioether (sulfide) groups is 1. The normalized spacial score (nSPS) is 10.6. The van der Waals surface area contributed by atoms with E-state index in [1.807, 2.05) is 48.5 Å². The molecule has 4 aromatic rings. The van der Waals surface area contributed by atoms with Crippen LogP contribution in [0, 0.1) is 0 Å². The predicted octanol–water partition coefficient (Wildman–Crippen LogP) is 5.41. The maximum Gasteiger partial charge on any atom is 0.236 e. The molecular formula is C24H21N3O4S2. The summed E-state index contributed by atoms with van der Waals surface area (Å²) in [6.07, 6.45) is 0. The number of hydrogen-bond donors (Lipinski definition) is 2. The van der Waals surface area contributed by atoms with Gasteiger partial charge in [0.1, 0.15) is 17.2 Å². The minimum absolute atomic E-state index is 0.147. The van der Waals surface area contributed by atoms with Crippen molar-refractivity contribution in [2.24, 2.45) is 0 Å². The van der Waals surface area contributed by atoms with E-state index in [0.29, 0.717) is 22.3 Å². The third kappa shape index (κ3) is 6.47. The maximum absolute atomic E-state index is 12.3. The standard InChI is InChI=1S/C24H21N3O4S2/c1-30-17-9-7-16(8-10-17)25-22(28)14-32-15-23(29)27-24-26-20-12-11-19(13-21(20)33-24)31-18-5-3-2-4-6-18/h2-13H,14-15H2,1H3,(H,25,28)(H,26,27,29). The molecule has 0 unspecified atom stereocenters. The molecule has 0 fully saturated rings. The van der Waals surface area contributed by atoms with Gasteiger partial charge in [-0.2, -0.15) is 0 Å². The minimum atomic E-state index is -0.211. The predicted molar refractivity (Wildman–Crippen MR) is 134 cm³/mol. The summed E-state index contributed by atoms with van der Waals surface area (Å²) in [5.41, 5.74) is 1.46. The van der Waals surface area contributed by atoms with Crippen molar-refractivity contribution in [1.29, 1.82) is 0 Å². The van der Waals surface area contributed by atoms with Crippen molar-refractivity contribution in [1.82, 2.24) is 4.98 Å². The van der Waals surface area contributed by atoms with Gasteiger partial charge in [0.15, 0.2) is 5.13 Å². The number of nitrogens with zero attached hydrogens (tertiary/aromatic N) is 1. The molecule has 2 N–H and O–H groups in total. The zero-order valence-electron chi connectivity index (χ0n) is 17.7. The Morgan fingerprint density at radius 2 is 1.58 bits per heavy atom. The summed E-state index contributed by atoms with van der Waals surface area (Å²) in [6.45, 7) is 0. The SMILES string of the molecule is COc1ccc(NC(=O)CSCC(=O)Nc2nc3ccc(Oc4ccccc4)cc3s2)cc1. The summed E-state index contributed by atoms with van der Waals surface area (Å²) in [5, 5.41) is 6.10. The lowest BCUT2D eigenvalue weighted by molar-refractivity contribution is -0.114. The molecule has 1 aromatic heterocycles. The Bertz CT molecular complexity index is 1240. The molecule has 9 heteroatoms. The molecule has 7 nitrogen and oxygen atoms in total. The number of nitrogens with one attached hydrogen (secondary N) is 2. The van der Waals surface area contributed by atoms with Gasteiger partial charge in [0.2, 0.25) is 11.8 Å². The first-order valence-electron chi connectivity index (χ1n) is 10.0. The molecule has 0 saturated carbocycles. The van der Waals surface area contributed by atoms with Crippen molar-refractivity contribution >= 4 is 55.9 Å². The Morgan fingerprint density at radius 1 is 0.879 bits per heavy atom.